The number of ether oxygens (including phenoxy) is 2. The van der Waals surface area contributed by atoms with Crippen molar-refractivity contribution >= 4 is 112 Å². The van der Waals surface area contributed by atoms with Crippen molar-refractivity contribution < 1.29 is 51.5 Å². The molecule has 1 saturated heterocycles. The number of carbonyl (C=O) groups is 2. The molecule has 0 radical (unpaired) electrons. The molecule has 1 fully saturated rings. The van der Waals surface area contributed by atoms with E-state index in [9.17, 15) is 9.59 Å². The minimum atomic E-state index is -6.89. The van der Waals surface area contributed by atoms with Crippen LogP contribution in [0.25, 0.3) is 0 Å². The van der Waals surface area contributed by atoms with E-state index in [4.69, 9.17) is 129 Å². The van der Waals surface area contributed by atoms with Crippen LogP contribution in [0.15, 0.2) is 0 Å². The molecule has 11 nitrogen and oxygen atoms in total. The monoisotopic (exact) mass is 825 g/mol. The van der Waals surface area contributed by atoms with E-state index in [0.29, 0.717) is 0 Å². The number of hydrogen-bond acceptors (Lipinski definition) is 10. The number of carbonyl (C=O) groups excluding carboxylic acids is 2. The molecule has 0 saturated carbocycles. The summed E-state index contributed by atoms with van der Waals surface area (Å²) in [5, 5.41) is -0.115. The van der Waals surface area contributed by atoms with Crippen molar-refractivity contribution in [1.29, 1.82) is 0 Å². The number of fused-ring (bicyclic) bond motifs is 2. The predicted molar refractivity (Wildman–Crippen MR) is 178 cm³/mol. The second kappa shape index (κ2) is 13.2. The van der Waals surface area contributed by atoms with Crippen LogP contribution in [0.5, 0.6) is 23.0 Å². The zero-order chi connectivity index (χ0) is 34.6. The number of halogens is 8. The number of rotatable bonds is 4. The largest absolute Gasteiger partial charge is 0.351 e. The molecular formula is C26H28Cl8NO10P. The number of esters is 2. The van der Waals surface area contributed by atoms with Gasteiger partial charge in [0.2, 0.25) is 0 Å². The van der Waals surface area contributed by atoms with Crippen molar-refractivity contribution in [1.82, 2.24) is 0 Å². The van der Waals surface area contributed by atoms with Crippen LogP contribution < -0.4 is 23.4 Å². The molecule has 3 aliphatic rings. The summed E-state index contributed by atoms with van der Waals surface area (Å²) in [6.45, 7) is 5.04. The van der Waals surface area contributed by atoms with E-state index < -0.39 is 56.5 Å². The van der Waals surface area contributed by atoms with Crippen molar-refractivity contribution in [3.63, 3.8) is 0 Å². The molecule has 20 heteroatoms. The second-order valence-corrected chi connectivity index (χ2v) is 17.2. The predicted octanol–water partition coefficient (Wildman–Crippen LogP) is 8.73. The third-order valence-electron chi connectivity index (χ3n) is 6.31. The van der Waals surface area contributed by atoms with Gasteiger partial charge in [0.05, 0.1) is 14.1 Å². The third kappa shape index (κ3) is 6.22. The fourth-order valence-corrected chi connectivity index (χ4v) is 10.3. The molecule has 0 aromatic heterocycles. The SMILES string of the molecule is CC(C)OC(=O)[C@@H]1CO[P-]23(OC[C@H]1C(=O)OC(C)C)(Oc1c(Cl)c(Cl)c(Cl)c(Cl)c1O2)Oc1c(Cl)c(Cl)c(Cl)c(Cl)c1O3.C[NH2+]C. The van der Waals surface area contributed by atoms with Gasteiger partial charge in [-0.1, -0.05) is 0 Å². The summed E-state index contributed by atoms with van der Waals surface area (Å²) in [6.07, 6.45) is -1.13. The van der Waals surface area contributed by atoms with Gasteiger partial charge in [0, 0.05) is 0 Å². The first-order valence-corrected chi connectivity index (χ1v) is 18.7. The third-order valence-corrected chi connectivity index (χ3v) is 13.4. The summed E-state index contributed by atoms with van der Waals surface area (Å²) in [5.74, 6) is -5.91. The van der Waals surface area contributed by atoms with Crippen molar-refractivity contribution in [2.24, 2.45) is 11.8 Å². The summed E-state index contributed by atoms with van der Waals surface area (Å²) in [4.78, 5) is 26.7. The van der Waals surface area contributed by atoms with E-state index in [1.807, 2.05) is 19.4 Å². The van der Waals surface area contributed by atoms with Crippen molar-refractivity contribution in [2.45, 2.75) is 39.9 Å². The Bertz CT molecular complexity index is 1420. The Morgan fingerprint density at radius 2 is 0.826 bits per heavy atom. The molecule has 3 aliphatic heterocycles. The molecule has 0 bridgehead atoms. The fourth-order valence-electron chi connectivity index (χ4n) is 4.42. The van der Waals surface area contributed by atoms with Crippen LogP contribution in [0.3, 0.4) is 0 Å². The molecule has 2 aromatic rings. The first kappa shape index (κ1) is 38.0. The van der Waals surface area contributed by atoms with Crippen molar-refractivity contribution in [3.8, 4) is 23.0 Å². The van der Waals surface area contributed by atoms with Gasteiger partial charge in [-0.15, -0.1) is 0 Å². The molecule has 1 spiro atoms. The Balaban J connectivity index is 0.00000154. The van der Waals surface area contributed by atoms with Gasteiger partial charge in [-0.05, 0) is 0 Å². The van der Waals surface area contributed by atoms with Gasteiger partial charge in [0.1, 0.15) is 0 Å². The molecule has 258 valence electrons. The van der Waals surface area contributed by atoms with Crippen LogP contribution >= 0.6 is 100 Å². The maximum atomic E-state index is 13.3. The molecule has 2 atom stereocenters. The van der Waals surface area contributed by atoms with Crippen LogP contribution in [0, 0.1) is 11.8 Å². The minimum absolute atomic E-state index is 0.226. The summed E-state index contributed by atoms with van der Waals surface area (Å²) in [5.41, 5.74) is 0. The first-order valence-electron chi connectivity index (χ1n) is 13.5. The van der Waals surface area contributed by atoms with Crippen LogP contribution in [0.2, 0.25) is 40.2 Å². The molecule has 2 N–H and O–H groups in total. The van der Waals surface area contributed by atoms with E-state index in [-0.39, 0.29) is 63.2 Å². The van der Waals surface area contributed by atoms with Gasteiger partial charge in [-0.25, -0.2) is 0 Å². The van der Waals surface area contributed by atoms with Gasteiger partial charge in [0.15, 0.2) is 0 Å². The molecule has 46 heavy (non-hydrogen) atoms. The van der Waals surface area contributed by atoms with Gasteiger partial charge in [-0.2, -0.15) is 0 Å². The van der Waals surface area contributed by atoms with Gasteiger partial charge in [-0.3, -0.25) is 0 Å². The zero-order valence-electron chi connectivity index (χ0n) is 24.9. The quantitative estimate of drug-likeness (QED) is 0.139. The molecule has 5 rings (SSSR count). The van der Waals surface area contributed by atoms with Gasteiger partial charge in [0.25, 0.3) is 0 Å². The number of benzene rings is 2. The minimum Gasteiger partial charge on any atom is -0.351 e. The number of quaternary nitrogens is 1. The molecular weight excluding hydrogens is 801 g/mol. The van der Waals surface area contributed by atoms with E-state index >= 15 is 0 Å². The topological polar surface area (TPSA) is 125 Å². The normalized spacial score (nSPS) is 22.7. The summed E-state index contributed by atoms with van der Waals surface area (Å²) in [7, 11) is -2.89. The van der Waals surface area contributed by atoms with Crippen molar-refractivity contribution in [2.75, 3.05) is 27.3 Å². The van der Waals surface area contributed by atoms with Gasteiger partial charge < -0.3 is 5.32 Å². The smallest absolute Gasteiger partial charge is 0.0647 e. The average molecular weight is 829 g/mol. The maximum absolute atomic E-state index is 13.3. The first-order chi connectivity index (χ1) is 21.3. The molecule has 0 unspecified atom stereocenters. The van der Waals surface area contributed by atoms with Crippen LogP contribution in [-0.4, -0.2) is 51.5 Å². The summed E-state index contributed by atoms with van der Waals surface area (Å²) < 4.78 is 48.3. The van der Waals surface area contributed by atoms with E-state index in [2.05, 4.69) is 0 Å². The Labute approximate surface area is 304 Å². The van der Waals surface area contributed by atoms with E-state index in [0.717, 1.165) is 0 Å². The standard InChI is InChI=1S/C24H20Cl8O10P.C2H7N/c1-7(2)37-23(33)9-5-35-43(36-6-10(9)24(34)38-8(3)4,39-19-15(29)11(25)12(26)16(30)20(19)40-43)41-21-17(31)13(27)14(28)18(32)22(21)42-43;1-3-2/h7-10H,5-6H2,1-4H3;3H,1-2H3/q-1;/p+1/t9-,10-;/m1./s1. The number of nitrogens with two attached hydrogens (primary N) is 1. The second-order valence-electron chi connectivity index (χ2n) is 10.7. The Hall–Kier alpha value is -0.790. The molecule has 2 aromatic carbocycles. The molecule has 3 heterocycles. The zero-order valence-corrected chi connectivity index (χ0v) is 31.8. The van der Waals surface area contributed by atoms with E-state index in [1.54, 1.807) is 27.7 Å². The van der Waals surface area contributed by atoms with Crippen molar-refractivity contribution in [3.05, 3.63) is 40.2 Å². The summed E-state index contributed by atoms with van der Waals surface area (Å²) in [6, 6.07) is 0. The summed E-state index contributed by atoms with van der Waals surface area (Å²) >= 11 is 51.1. The number of hydrogen-bond donors (Lipinski definition) is 1. The maximum Gasteiger partial charge on any atom is 0.0647 e. The Morgan fingerprint density at radius 1 is 0.587 bits per heavy atom. The molecule has 0 aliphatic carbocycles. The van der Waals surface area contributed by atoms with Crippen LogP contribution in [0.1, 0.15) is 27.7 Å². The van der Waals surface area contributed by atoms with E-state index in [1.165, 1.54) is 0 Å². The van der Waals surface area contributed by atoms with Crippen LogP contribution in [-0.2, 0) is 28.1 Å². The van der Waals surface area contributed by atoms with Gasteiger partial charge >= 0.3 is 286 Å². The fraction of sp³-hybridized carbons (Fsp3) is 0.462. The van der Waals surface area contributed by atoms with Crippen LogP contribution in [0.4, 0.5) is 0 Å². The molecule has 0 amide bonds. The Kier molecular flexibility index (Phi) is 10.9. The Morgan fingerprint density at radius 3 is 1.04 bits per heavy atom. The average Bonchev–Trinajstić information content (AvgIpc) is 3.41.